The van der Waals surface area contributed by atoms with Gasteiger partial charge in [0.15, 0.2) is 5.82 Å². The van der Waals surface area contributed by atoms with Gasteiger partial charge in [-0.1, -0.05) is 22.0 Å². The number of amides is 1. The van der Waals surface area contributed by atoms with Crippen molar-refractivity contribution in [3.63, 3.8) is 0 Å². The van der Waals surface area contributed by atoms with E-state index < -0.39 is 0 Å². The largest absolute Gasteiger partial charge is 0.376 e. The highest BCUT2D eigenvalue weighted by Crippen LogP contribution is 2.15. The van der Waals surface area contributed by atoms with Crippen LogP contribution in [0.15, 0.2) is 53.0 Å². The second-order valence-electron chi connectivity index (χ2n) is 5.10. The number of rotatable bonds is 5. The Hall–Kier alpha value is -2.74. The summed E-state index contributed by atoms with van der Waals surface area (Å²) in [6.07, 6.45) is 0. The van der Waals surface area contributed by atoms with Crippen molar-refractivity contribution >= 4 is 33.2 Å². The number of aryl methyl sites for hydroxylation is 1. The van der Waals surface area contributed by atoms with E-state index in [-0.39, 0.29) is 12.5 Å². The number of halogens is 1. The van der Waals surface area contributed by atoms with Crippen molar-refractivity contribution in [3.05, 3.63) is 58.8 Å². The summed E-state index contributed by atoms with van der Waals surface area (Å²) in [5, 5.41) is 17.3. The molecule has 0 saturated carbocycles. The first-order valence-corrected chi connectivity index (χ1v) is 8.06. The number of carbonyl (C=O) groups excluding carboxylic acids is 1. The summed E-state index contributed by atoms with van der Waals surface area (Å²) in [6, 6.07) is 15.0. The smallest absolute Gasteiger partial charge is 0.243 e. The van der Waals surface area contributed by atoms with E-state index in [0.717, 1.165) is 21.5 Å². The number of carbonyl (C=O) groups is 1. The molecule has 7 nitrogen and oxygen atoms in total. The fourth-order valence-electron chi connectivity index (χ4n) is 2.14. The molecule has 3 rings (SSSR count). The number of hydrogen-bond donors (Lipinski definition) is 2. The average molecular weight is 387 g/mol. The molecule has 1 heterocycles. The van der Waals surface area contributed by atoms with Crippen LogP contribution in [0, 0.1) is 6.92 Å². The van der Waals surface area contributed by atoms with Gasteiger partial charge in [0.2, 0.25) is 5.91 Å². The molecular formula is C16H15BrN6O. The number of nitrogens with one attached hydrogen (secondary N) is 2. The zero-order valence-electron chi connectivity index (χ0n) is 12.9. The molecule has 0 atom stereocenters. The van der Waals surface area contributed by atoms with Crippen LogP contribution in [0.1, 0.15) is 5.82 Å². The molecule has 0 aliphatic heterocycles. The first-order chi connectivity index (χ1) is 11.6. The van der Waals surface area contributed by atoms with E-state index in [1.807, 2.05) is 55.5 Å². The normalized spacial score (nSPS) is 10.4. The lowest BCUT2D eigenvalue weighted by Gasteiger charge is -2.09. The Balaban J connectivity index is 1.61. The summed E-state index contributed by atoms with van der Waals surface area (Å²) in [6.45, 7) is 1.99. The van der Waals surface area contributed by atoms with Crippen LogP contribution >= 0.6 is 15.9 Å². The van der Waals surface area contributed by atoms with Gasteiger partial charge in [-0.3, -0.25) is 4.79 Å². The Morgan fingerprint density at radius 3 is 2.67 bits per heavy atom. The van der Waals surface area contributed by atoms with Gasteiger partial charge in [-0.15, -0.1) is 5.10 Å². The number of aromatic nitrogens is 4. The Morgan fingerprint density at radius 2 is 1.96 bits per heavy atom. The minimum absolute atomic E-state index is 0.124. The van der Waals surface area contributed by atoms with E-state index in [2.05, 4.69) is 42.1 Å². The second kappa shape index (κ2) is 7.22. The minimum Gasteiger partial charge on any atom is -0.376 e. The molecule has 122 valence electrons. The van der Waals surface area contributed by atoms with Crippen LogP contribution in [0.2, 0.25) is 0 Å². The summed E-state index contributed by atoms with van der Waals surface area (Å²) in [5.41, 5.74) is 2.40. The van der Waals surface area contributed by atoms with Crippen molar-refractivity contribution < 1.29 is 4.79 Å². The molecule has 0 aliphatic rings. The van der Waals surface area contributed by atoms with Crippen molar-refractivity contribution in [3.8, 4) is 5.69 Å². The third kappa shape index (κ3) is 3.96. The quantitative estimate of drug-likeness (QED) is 0.703. The third-order valence-electron chi connectivity index (χ3n) is 3.30. The van der Waals surface area contributed by atoms with Gasteiger partial charge in [0.1, 0.15) is 0 Å². The van der Waals surface area contributed by atoms with Crippen LogP contribution in [0.3, 0.4) is 0 Å². The molecule has 8 heteroatoms. The van der Waals surface area contributed by atoms with Crippen LogP contribution in [0.4, 0.5) is 11.4 Å². The van der Waals surface area contributed by atoms with Gasteiger partial charge in [-0.2, -0.15) is 4.68 Å². The van der Waals surface area contributed by atoms with E-state index >= 15 is 0 Å². The molecule has 0 unspecified atom stereocenters. The van der Waals surface area contributed by atoms with Crippen LogP contribution in [0.25, 0.3) is 5.69 Å². The first kappa shape index (κ1) is 16.1. The maximum atomic E-state index is 12.0. The van der Waals surface area contributed by atoms with Gasteiger partial charge in [0, 0.05) is 15.8 Å². The van der Waals surface area contributed by atoms with Crippen molar-refractivity contribution in [2.45, 2.75) is 6.92 Å². The fourth-order valence-corrected chi connectivity index (χ4v) is 2.40. The van der Waals surface area contributed by atoms with Gasteiger partial charge in [0.25, 0.3) is 0 Å². The number of hydrogen-bond acceptors (Lipinski definition) is 5. The molecule has 0 aliphatic carbocycles. The zero-order chi connectivity index (χ0) is 16.9. The lowest BCUT2D eigenvalue weighted by atomic mass is 10.2. The van der Waals surface area contributed by atoms with Crippen molar-refractivity contribution in [1.29, 1.82) is 0 Å². The summed E-state index contributed by atoms with van der Waals surface area (Å²) >= 11 is 3.36. The van der Waals surface area contributed by atoms with Crippen LogP contribution in [-0.2, 0) is 4.79 Å². The molecule has 0 bridgehead atoms. The fraction of sp³-hybridized carbons (Fsp3) is 0.125. The zero-order valence-corrected chi connectivity index (χ0v) is 14.5. The molecule has 1 aromatic heterocycles. The Bertz CT molecular complexity index is 846. The van der Waals surface area contributed by atoms with Crippen LogP contribution < -0.4 is 10.6 Å². The van der Waals surface area contributed by atoms with Crippen LogP contribution in [0.5, 0.6) is 0 Å². The van der Waals surface area contributed by atoms with Gasteiger partial charge < -0.3 is 10.6 Å². The van der Waals surface area contributed by atoms with Gasteiger partial charge >= 0.3 is 0 Å². The summed E-state index contributed by atoms with van der Waals surface area (Å²) in [5.74, 6) is 0.571. The van der Waals surface area contributed by atoms with Gasteiger partial charge in [0.05, 0.1) is 12.2 Å². The average Bonchev–Trinajstić information content (AvgIpc) is 3.01. The molecule has 0 fully saturated rings. The summed E-state index contributed by atoms with van der Waals surface area (Å²) < 4.78 is 2.60. The molecule has 24 heavy (non-hydrogen) atoms. The van der Waals surface area contributed by atoms with Gasteiger partial charge in [-0.25, -0.2) is 0 Å². The van der Waals surface area contributed by atoms with E-state index in [0.29, 0.717) is 5.82 Å². The molecular weight excluding hydrogens is 372 g/mol. The predicted molar refractivity (Wildman–Crippen MR) is 95.2 cm³/mol. The van der Waals surface area contributed by atoms with Crippen molar-refractivity contribution in [2.24, 2.45) is 0 Å². The predicted octanol–water partition coefficient (Wildman–Crippen LogP) is 2.78. The molecule has 1 amide bonds. The molecule has 2 N–H and O–H groups in total. The number of tetrazole rings is 1. The Kier molecular flexibility index (Phi) is 4.85. The molecule has 0 saturated heterocycles. The maximum Gasteiger partial charge on any atom is 0.243 e. The Labute approximate surface area is 147 Å². The number of benzene rings is 2. The van der Waals surface area contributed by atoms with Crippen molar-refractivity contribution in [2.75, 3.05) is 17.2 Å². The topological polar surface area (TPSA) is 84.7 Å². The van der Waals surface area contributed by atoms with Crippen molar-refractivity contribution in [1.82, 2.24) is 20.2 Å². The molecule has 0 spiro atoms. The Morgan fingerprint density at radius 1 is 1.17 bits per heavy atom. The monoisotopic (exact) mass is 386 g/mol. The molecule has 3 aromatic rings. The van der Waals surface area contributed by atoms with E-state index in [1.165, 1.54) is 0 Å². The highest BCUT2D eigenvalue weighted by molar-refractivity contribution is 9.10. The SMILES string of the molecule is Cc1nnnn1-c1cccc(NCC(=O)Nc2ccc(Br)cc2)c1. The third-order valence-corrected chi connectivity index (χ3v) is 3.83. The first-order valence-electron chi connectivity index (χ1n) is 7.26. The van der Waals surface area contributed by atoms with E-state index in [4.69, 9.17) is 0 Å². The lowest BCUT2D eigenvalue weighted by molar-refractivity contribution is -0.114. The maximum absolute atomic E-state index is 12.0. The highest BCUT2D eigenvalue weighted by atomic mass is 79.9. The summed E-state index contributed by atoms with van der Waals surface area (Å²) in [4.78, 5) is 12.0. The highest BCUT2D eigenvalue weighted by Gasteiger charge is 2.06. The van der Waals surface area contributed by atoms with Gasteiger partial charge in [-0.05, 0) is 59.8 Å². The van der Waals surface area contributed by atoms with E-state index in [1.54, 1.807) is 4.68 Å². The lowest BCUT2D eigenvalue weighted by Crippen LogP contribution is -2.21. The molecule has 2 aromatic carbocycles. The summed E-state index contributed by atoms with van der Waals surface area (Å²) in [7, 11) is 0. The number of anilines is 2. The standard InChI is InChI=1S/C16H15BrN6O/c1-11-20-21-22-23(11)15-4-2-3-14(9-15)18-10-16(24)19-13-7-5-12(17)6-8-13/h2-9,18H,10H2,1H3,(H,19,24). The minimum atomic E-state index is -0.124. The molecule has 0 radical (unpaired) electrons. The van der Waals surface area contributed by atoms with Crippen LogP contribution in [-0.4, -0.2) is 32.7 Å². The second-order valence-corrected chi connectivity index (χ2v) is 6.01. The number of nitrogens with zero attached hydrogens (tertiary/aromatic N) is 4. The van der Waals surface area contributed by atoms with E-state index in [9.17, 15) is 4.79 Å².